The second-order valence-electron chi connectivity index (χ2n) is 6.73. The Morgan fingerprint density at radius 1 is 1.04 bits per heavy atom. The number of likely N-dealkylation sites (tertiary alicyclic amines) is 1. The van der Waals surface area contributed by atoms with Crippen LogP contribution in [0.4, 0.5) is 14.5 Å². The van der Waals surface area contributed by atoms with Crippen LogP contribution in [0, 0.1) is 18.6 Å². The van der Waals surface area contributed by atoms with Crippen molar-refractivity contribution in [2.75, 3.05) is 18.4 Å². The monoisotopic (exact) mass is 372 g/mol. The first kappa shape index (κ1) is 19.0. The first-order valence-electron chi connectivity index (χ1n) is 9.09. The van der Waals surface area contributed by atoms with E-state index in [1.807, 2.05) is 4.90 Å². The lowest BCUT2D eigenvalue weighted by Crippen LogP contribution is -2.28. The predicted octanol–water partition coefficient (Wildman–Crippen LogP) is 4.08. The van der Waals surface area contributed by atoms with E-state index in [1.54, 1.807) is 25.1 Å². The van der Waals surface area contributed by atoms with Crippen LogP contribution in [0.25, 0.3) is 0 Å². The SMILES string of the molecule is Cc1c(NC(=O)CCc2c(F)cccc2F)cccc1C(=O)N1CCCC1. The molecule has 0 unspecified atom stereocenters. The van der Waals surface area contributed by atoms with E-state index in [2.05, 4.69) is 5.32 Å². The lowest BCUT2D eigenvalue weighted by Gasteiger charge is -2.18. The number of amides is 2. The molecule has 0 radical (unpaired) electrons. The molecule has 2 amide bonds. The van der Waals surface area contributed by atoms with Gasteiger partial charge in [0.15, 0.2) is 0 Å². The fourth-order valence-electron chi connectivity index (χ4n) is 3.32. The lowest BCUT2D eigenvalue weighted by molar-refractivity contribution is -0.116. The van der Waals surface area contributed by atoms with Gasteiger partial charge in [-0.15, -0.1) is 0 Å². The summed E-state index contributed by atoms with van der Waals surface area (Å²) >= 11 is 0. The smallest absolute Gasteiger partial charge is 0.254 e. The number of carbonyl (C=O) groups is 2. The van der Waals surface area contributed by atoms with E-state index < -0.39 is 11.6 Å². The maximum absolute atomic E-state index is 13.7. The first-order chi connectivity index (χ1) is 13.0. The Morgan fingerprint density at radius 2 is 1.67 bits per heavy atom. The molecule has 27 heavy (non-hydrogen) atoms. The molecule has 142 valence electrons. The van der Waals surface area contributed by atoms with Crippen molar-refractivity contribution in [1.82, 2.24) is 4.90 Å². The molecule has 0 aromatic heterocycles. The molecule has 1 fully saturated rings. The molecule has 1 aliphatic rings. The molecule has 2 aromatic carbocycles. The van der Waals surface area contributed by atoms with Crippen molar-refractivity contribution in [3.05, 3.63) is 64.7 Å². The largest absolute Gasteiger partial charge is 0.339 e. The lowest BCUT2D eigenvalue weighted by atomic mass is 10.0. The summed E-state index contributed by atoms with van der Waals surface area (Å²) in [4.78, 5) is 26.7. The zero-order valence-corrected chi connectivity index (χ0v) is 15.2. The Bertz CT molecular complexity index is 841. The van der Waals surface area contributed by atoms with Gasteiger partial charge in [0.1, 0.15) is 11.6 Å². The highest BCUT2D eigenvalue weighted by Crippen LogP contribution is 2.23. The van der Waals surface area contributed by atoms with Gasteiger partial charge in [-0.3, -0.25) is 9.59 Å². The minimum Gasteiger partial charge on any atom is -0.339 e. The molecule has 3 rings (SSSR count). The number of carbonyl (C=O) groups excluding carboxylic acids is 2. The number of hydrogen-bond acceptors (Lipinski definition) is 2. The number of nitrogens with zero attached hydrogens (tertiary/aromatic N) is 1. The van der Waals surface area contributed by atoms with Gasteiger partial charge in [0, 0.05) is 36.3 Å². The number of anilines is 1. The van der Waals surface area contributed by atoms with E-state index in [0.717, 1.165) is 25.9 Å². The zero-order chi connectivity index (χ0) is 19.4. The van der Waals surface area contributed by atoms with Crippen molar-refractivity contribution in [3.63, 3.8) is 0 Å². The third kappa shape index (κ3) is 4.32. The fraction of sp³-hybridized carbons (Fsp3) is 0.333. The van der Waals surface area contributed by atoms with Gasteiger partial charge in [-0.05, 0) is 56.0 Å². The minimum atomic E-state index is -0.655. The predicted molar refractivity (Wildman–Crippen MR) is 99.6 cm³/mol. The van der Waals surface area contributed by atoms with Crippen molar-refractivity contribution >= 4 is 17.5 Å². The molecule has 0 atom stereocenters. The van der Waals surface area contributed by atoms with Crippen molar-refractivity contribution < 1.29 is 18.4 Å². The van der Waals surface area contributed by atoms with E-state index in [9.17, 15) is 18.4 Å². The third-order valence-electron chi connectivity index (χ3n) is 4.90. The summed E-state index contributed by atoms with van der Waals surface area (Å²) < 4.78 is 27.3. The summed E-state index contributed by atoms with van der Waals surface area (Å²) in [5.41, 5.74) is 1.70. The quantitative estimate of drug-likeness (QED) is 0.860. The number of benzene rings is 2. The van der Waals surface area contributed by atoms with Gasteiger partial charge in [-0.2, -0.15) is 0 Å². The highest BCUT2D eigenvalue weighted by Gasteiger charge is 2.22. The van der Waals surface area contributed by atoms with Crippen LogP contribution in [0.2, 0.25) is 0 Å². The Hall–Kier alpha value is -2.76. The molecule has 1 heterocycles. The highest BCUT2D eigenvalue weighted by atomic mass is 19.1. The van der Waals surface area contributed by atoms with Crippen molar-refractivity contribution in [2.45, 2.75) is 32.6 Å². The number of hydrogen-bond donors (Lipinski definition) is 1. The van der Waals surface area contributed by atoms with Gasteiger partial charge in [0.25, 0.3) is 5.91 Å². The van der Waals surface area contributed by atoms with E-state index in [0.29, 0.717) is 16.8 Å². The third-order valence-corrected chi connectivity index (χ3v) is 4.90. The van der Waals surface area contributed by atoms with Gasteiger partial charge in [0.05, 0.1) is 0 Å². The average molecular weight is 372 g/mol. The Morgan fingerprint density at radius 3 is 2.33 bits per heavy atom. The van der Waals surface area contributed by atoms with Crippen LogP contribution in [0.3, 0.4) is 0 Å². The maximum atomic E-state index is 13.7. The van der Waals surface area contributed by atoms with Crippen molar-refractivity contribution in [2.24, 2.45) is 0 Å². The number of rotatable bonds is 5. The summed E-state index contributed by atoms with van der Waals surface area (Å²) in [7, 11) is 0. The molecule has 4 nitrogen and oxygen atoms in total. The second-order valence-corrected chi connectivity index (χ2v) is 6.73. The molecule has 1 N–H and O–H groups in total. The fourth-order valence-corrected chi connectivity index (χ4v) is 3.32. The number of nitrogens with one attached hydrogen (secondary N) is 1. The number of halogens is 2. The molecule has 0 aliphatic carbocycles. The topological polar surface area (TPSA) is 49.4 Å². The zero-order valence-electron chi connectivity index (χ0n) is 15.2. The van der Waals surface area contributed by atoms with E-state index in [4.69, 9.17) is 0 Å². The molecule has 0 spiro atoms. The molecule has 0 bridgehead atoms. The van der Waals surface area contributed by atoms with E-state index >= 15 is 0 Å². The molecular weight excluding hydrogens is 350 g/mol. The van der Waals surface area contributed by atoms with Crippen molar-refractivity contribution in [1.29, 1.82) is 0 Å². The molecule has 1 saturated heterocycles. The summed E-state index contributed by atoms with van der Waals surface area (Å²) in [5.74, 6) is -1.70. The van der Waals surface area contributed by atoms with Crippen molar-refractivity contribution in [3.8, 4) is 0 Å². The summed E-state index contributed by atoms with van der Waals surface area (Å²) in [5, 5.41) is 2.75. The molecule has 0 saturated carbocycles. The Labute approximate surface area is 157 Å². The standard InChI is InChI=1S/C21H22F2N2O2/c1-14-15(21(27)25-12-2-3-13-25)6-4-9-19(14)24-20(26)11-10-16-17(22)7-5-8-18(16)23/h4-9H,2-3,10-13H2,1H3,(H,24,26). The van der Waals surface area contributed by atoms with Crippen LogP contribution in [-0.4, -0.2) is 29.8 Å². The van der Waals surface area contributed by atoms with E-state index in [1.165, 1.54) is 18.2 Å². The molecule has 1 aliphatic heterocycles. The summed E-state index contributed by atoms with van der Waals surface area (Å²) in [6, 6.07) is 8.84. The van der Waals surface area contributed by atoms with Crippen LogP contribution in [0.1, 0.15) is 40.7 Å². The second kappa shape index (κ2) is 8.29. The van der Waals surface area contributed by atoms with Crippen LogP contribution in [-0.2, 0) is 11.2 Å². The minimum absolute atomic E-state index is 0.0320. The normalized spacial score (nSPS) is 13.7. The van der Waals surface area contributed by atoms with Gasteiger partial charge < -0.3 is 10.2 Å². The molecule has 6 heteroatoms. The van der Waals surface area contributed by atoms with Gasteiger partial charge >= 0.3 is 0 Å². The van der Waals surface area contributed by atoms with Gasteiger partial charge in [-0.1, -0.05) is 12.1 Å². The van der Waals surface area contributed by atoms with Gasteiger partial charge in [0.2, 0.25) is 5.91 Å². The van der Waals surface area contributed by atoms with Crippen LogP contribution >= 0.6 is 0 Å². The van der Waals surface area contributed by atoms with Crippen LogP contribution in [0.5, 0.6) is 0 Å². The molecule has 2 aromatic rings. The molecular formula is C21H22F2N2O2. The van der Waals surface area contributed by atoms with E-state index in [-0.39, 0.29) is 30.2 Å². The van der Waals surface area contributed by atoms with Gasteiger partial charge in [-0.25, -0.2) is 8.78 Å². The Kier molecular flexibility index (Phi) is 5.84. The average Bonchev–Trinajstić information content (AvgIpc) is 3.17. The van der Waals surface area contributed by atoms with Crippen LogP contribution < -0.4 is 5.32 Å². The highest BCUT2D eigenvalue weighted by molar-refractivity contribution is 5.99. The first-order valence-corrected chi connectivity index (χ1v) is 9.09. The Balaban J connectivity index is 1.67. The summed E-state index contributed by atoms with van der Waals surface area (Å²) in [6.07, 6.45) is 1.93. The maximum Gasteiger partial charge on any atom is 0.254 e. The summed E-state index contributed by atoms with van der Waals surface area (Å²) in [6.45, 7) is 3.29. The van der Waals surface area contributed by atoms with Crippen LogP contribution in [0.15, 0.2) is 36.4 Å².